The van der Waals surface area contributed by atoms with E-state index in [9.17, 15) is 4.79 Å². The standard InChI is InChI=1S/C25H27ClN6O2S/c1-30-9-11-31(12-10-30)8-3-13-34-19-6-7-20-21(15-19)32(16-28-20)25-29-22(23(35-25)24(27)33)17-4-2-5-18(26)14-17/h2,4-7,14-16H,3,8-13H2,1H3,(H2,27,33). The zero-order chi connectivity index (χ0) is 24.4. The van der Waals surface area contributed by atoms with Gasteiger partial charge in [0.15, 0.2) is 5.13 Å². The summed E-state index contributed by atoms with van der Waals surface area (Å²) in [5.74, 6) is 0.247. The number of thiazole rings is 1. The zero-order valence-corrected chi connectivity index (χ0v) is 21.1. The number of halogens is 1. The molecule has 0 aliphatic carbocycles. The number of carbonyl (C=O) groups excluding carboxylic acids is 1. The first-order chi connectivity index (χ1) is 17.0. The fourth-order valence-electron chi connectivity index (χ4n) is 4.19. The first-order valence-electron chi connectivity index (χ1n) is 11.6. The van der Waals surface area contributed by atoms with Gasteiger partial charge in [0.1, 0.15) is 17.0 Å². The molecule has 1 aliphatic heterocycles. The number of amides is 1. The molecule has 2 aromatic carbocycles. The summed E-state index contributed by atoms with van der Waals surface area (Å²) in [7, 11) is 2.17. The Morgan fingerprint density at radius 1 is 1.17 bits per heavy atom. The monoisotopic (exact) mass is 510 g/mol. The Balaban J connectivity index is 1.34. The summed E-state index contributed by atoms with van der Waals surface area (Å²) in [4.78, 5) is 26.6. The van der Waals surface area contributed by atoms with E-state index in [0.717, 1.165) is 61.5 Å². The molecule has 1 fully saturated rings. The summed E-state index contributed by atoms with van der Waals surface area (Å²) in [6.45, 7) is 6.15. The van der Waals surface area contributed by atoms with Crippen LogP contribution in [-0.2, 0) is 0 Å². The number of nitrogens with two attached hydrogens (primary N) is 1. The van der Waals surface area contributed by atoms with Crippen LogP contribution >= 0.6 is 22.9 Å². The van der Waals surface area contributed by atoms with Gasteiger partial charge in [-0.05, 0) is 37.7 Å². The van der Waals surface area contributed by atoms with Crippen molar-refractivity contribution in [3.63, 3.8) is 0 Å². The first kappa shape index (κ1) is 23.7. The maximum atomic E-state index is 12.2. The van der Waals surface area contributed by atoms with E-state index < -0.39 is 5.91 Å². The largest absolute Gasteiger partial charge is 0.493 e. The van der Waals surface area contributed by atoms with E-state index >= 15 is 0 Å². The van der Waals surface area contributed by atoms with Crippen molar-refractivity contribution in [2.45, 2.75) is 6.42 Å². The maximum absolute atomic E-state index is 12.2. The molecule has 10 heteroatoms. The number of rotatable bonds is 8. The van der Waals surface area contributed by atoms with Crippen molar-refractivity contribution in [2.24, 2.45) is 5.73 Å². The SMILES string of the molecule is CN1CCN(CCCOc2ccc3ncn(-c4nc(-c5cccc(Cl)c5)c(C(N)=O)s4)c3c2)CC1. The zero-order valence-electron chi connectivity index (χ0n) is 19.5. The van der Waals surface area contributed by atoms with E-state index in [4.69, 9.17) is 27.1 Å². The normalized spacial score (nSPS) is 15.0. The third-order valence-electron chi connectivity index (χ3n) is 6.15. The number of ether oxygens (including phenoxy) is 1. The van der Waals surface area contributed by atoms with Crippen LogP contribution in [0.3, 0.4) is 0 Å². The third-order valence-corrected chi connectivity index (χ3v) is 7.45. The molecule has 35 heavy (non-hydrogen) atoms. The number of carbonyl (C=O) groups is 1. The van der Waals surface area contributed by atoms with Gasteiger partial charge < -0.3 is 20.3 Å². The average molecular weight is 511 g/mol. The molecule has 5 rings (SSSR count). The van der Waals surface area contributed by atoms with Crippen molar-refractivity contribution < 1.29 is 9.53 Å². The van der Waals surface area contributed by atoms with Crippen molar-refractivity contribution in [1.29, 1.82) is 0 Å². The lowest BCUT2D eigenvalue weighted by atomic mass is 10.1. The van der Waals surface area contributed by atoms with Gasteiger partial charge in [-0.15, -0.1) is 0 Å². The van der Waals surface area contributed by atoms with Crippen LogP contribution in [0.2, 0.25) is 5.02 Å². The van der Waals surface area contributed by atoms with E-state index in [1.54, 1.807) is 18.5 Å². The van der Waals surface area contributed by atoms with Crippen LogP contribution in [0.5, 0.6) is 5.75 Å². The van der Waals surface area contributed by atoms with Gasteiger partial charge in [-0.2, -0.15) is 0 Å². The van der Waals surface area contributed by atoms with Gasteiger partial charge in [-0.25, -0.2) is 9.97 Å². The number of benzene rings is 2. The molecule has 2 N–H and O–H groups in total. The lowest BCUT2D eigenvalue weighted by Gasteiger charge is -2.32. The Hall–Kier alpha value is -2.98. The van der Waals surface area contributed by atoms with Crippen LogP contribution in [0.25, 0.3) is 27.4 Å². The highest BCUT2D eigenvalue weighted by molar-refractivity contribution is 7.16. The second kappa shape index (κ2) is 10.3. The smallest absolute Gasteiger partial charge is 0.261 e. The molecule has 8 nitrogen and oxygen atoms in total. The summed E-state index contributed by atoms with van der Waals surface area (Å²) in [5.41, 5.74) is 8.59. The lowest BCUT2D eigenvalue weighted by Crippen LogP contribution is -2.44. The Morgan fingerprint density at radius 3 is 2.77 bits per heavy atom. The molecule has 4 aromatic rings. The summed E-state index contributed by atoms with van der Waals surface area (Å²) in [6, 6.07) is 13.1. The second-order valence-corrected chi connectivity index (χ2v) is 10.1. The van der Waals surface area contributed by atoms with Crippen molar-refractivity contribution in [2.75, 3.05) is 46.4 Å². The molecule has 0 bridgehead atoms. The van der Waals surface area contributed by atoms with Crippen LogP contribution in [0, 0.1) is 0 Å². The molecule has 0 saturated carbocycles. The Labute approximate surface area is 212 Å². The number of nitrogens with zero attached hydrogens (tertiary/aromatic N) is 5. The van der Waals surface area contributed by atoms with Crippen molar-refractivity contribution in [1.82, 2.24) is 24.3 Å². The van der Waals surface area contributed by atoms with E-state index in [2.05, 4.69) is 21.8 Å². The Bertz CT molecular complexity index is 1340. The molecule has 3 heterocycles. The quantitative estimate of drug-likeness (QED) is 0.361. The molecule has 182 valence electrons. The van der Waals surface area contributed by atoms with Gasteiger partial charge in [0.05, 0.1) is 23.3 Å². The summed E-state index contributed by atoms with van der Waals surface area (Å²) >= 11 is 7.38. The number of fused-ring (bicyclic) bond motifs is 1. The highest BCUT2D eigenvalue weighted by Gasteiger charge is 2.20. The minimum absolute atomic E-state index is 0.375. The average Bonchev–Trinajstić information content (AvgIpc) is 3.47. The number of piperazine rings is 1. The fraction of sp³-hybridized carbons (Fsp3) is 0.320. The number of primary amides is 1. The molecular weight excluding hydrogens is 484 g/mol. The number of likely N-dealkylation sites (N-methyl/N-ethyl adjacent to an activating group) is 1. The van der Waals surface area contributed by atoms with E-state index in [0.29, 0.717) is 27.3 Å². The molecule has 2 aromatic heterocycles. The molecule has 1 aliphatic rings. The fourth-order valence-corrected chi connectivity index (χ4v) is 5.30. The third kappa shape index (κ3) is 5.33. The van der Waals surface area contributed by atoms with E-state index in [1.807, 2.05) is 34.9 Å². The molecular formula is C25H27ClN6O2S. The lowest BCUT2D eigenvalue weighted by molar-refractivity contribution is 0.100. The van der Waals surface area contributed by atoms with E-state index in [-0.39, 0.29) is 0 Å². The second-order valence-electron chi connectivity index (χ2n) is 8.66. The number of hydrogen-bond donors (Lipinski definition) is 1. The van der Waals surface area contributed by atoms with E-state index in [1.165, 1.54) is 11.3 Å². The summed E-state index contributed by atoms with van der Waals surface area (Å²) in [6.07, 6.45) is 2.67. The van der Waals surface area contributed by atoms with Crippen molar-refractivity contribution >= 4 is 39.9 Å². The van der Waals surface area contributed by atoms with Gasteiger partial charge in [-0.1, -0.05) is 35.1 Å². The predicted molar refractivity (Wildman–Crippen MR) is 140 cm³/mol. The van der Waals surface area contributed by atoms with Gasteiger partial charge in [-0.3, -0.25) is 9.36 Å². The van der Waals surface area contributed by atoms with Crippen LogP contribution in [0.4, 0.5) is 0 Å². The summed E-state index contributed by atoms with van der Waals surface area (Å²) in [5, 5.41) is 1.17. The van der Waals surface area contributed by atoms with Crippen molar-refractivity contribution in [3.8, 4) is 22.1 Å². The van der Waals surface area contributed by atoms with Gasteiger partial charge in [0.25, 0.3) is 5.91 Å². The predicted octanol–water partition coefficient (Wildman–Crippen LogP) is 3.92. The minimum Gasteiger partial charge on any atom is -0.493 e. The maximum Gasteiger partial charge on any atom is 0.261 e. The Morgan fingerprint density at radius 2 is 2.00 bits per heavy atom. The van der Waals surface area contributed by atoms with Gasteiger partial charge in [0, 0.05) is 49.4 Å². The molecule has 1 saturated heterocycles. The first-order valence-corrected chi connectivity index (χ1v) is 12.7. The molecule has 0 spiro atoms. The number of hydrogen-bond acceptors (Lipinski definition) is 7. The van der Waals surface area contributed by atoms with Gasteiger partial charge >= 0.3 is 0 Å². The minimum atomic E-state index is -0.530. The molecule has 1 amide bonds. The number of aromatic nitrogens is 3. The van der Waals surface area contributed by atoms with Crippen LogP contribution in [0.15, 0.2) is 48.8 Å². The van der Waals surface area contributed by atoms with Crippen LogP contribution in [0.1, 0.15) is 16.1 Å². The highest BCUT2D eigenvalue weighted by atomic mass is 35.5. The summed E-state index contributed by atoms with van der Waals surface area (Å²) < 4.78 is 7.91. The van der Waals surface area contributed by atoms with Crippen LogP contribution < -0.4 is 10.5 Å². The molecule has 0 unspecified atom stereocenters. The molecule has 0 radical (unpaired) electrons. The molecule has 0 atom stereocenters. The topological polar surface area (TPSA) is 89.5 Å². The van der Waals surface area contributed by atoms with Gasteiger partial charge in [0.2, 0.25) is 0 Å². The van der Waals surface area contributed by atoms with Crippen LogP contribution in [-0.4, -0.2) is 76.6 Å². The van der Waals surface area contributed by atoms with Crippen molar-refractivity contribution in [3.05, 3.63) is 58.7 Å². The number of imidazole rings is 1. The Kier molecular flexibility index (Phi) is 7.01. The highest BCUT2D eigenvalue weighted by Crippen LogP contribution is 2.33.